The summed E-state index contributed by atoms with van der Waals surface area (Å²) in [4.78, 5) is 4.17. The largest absolute Gasteiger partial charge is 0.250 e. The molecule has 1 aromatic heterocycles. The zero-order valence-electron chi connectivity index (χ0n) is 7.94. The number of nitrogens with zero attached hydrogens (tertiary/aromatic N) is 1. The molecule has 0 N–H and O–H groups in total. The first kappa shape index (κ1) is 9.59. The topological polar surface area (TPSA) is 12.9 Å². The predicted molar refractivity (Wildman–Crippen MR) is 58.9 cm³/mol. The molecule has 1 heterocycles. The van der Waals surface area contributed by atoms with Crippen LogP contribution in [0.4, 0.5) is 4.39 Å². The Labute approximate surface area is 90.1 Å². The molecule has 1 nitrogen and oxygen atoms in total. The average molecular weight is 254 g/mol. The summed E-state index contributed by atoms with van der Waals surface area (Å²) in [7, 11) is 0. The fourth-order valence-corrected chi connectivity index (χ4v) is 1.88. The maximum atomic E-state index is 13.5. The predicted octanol–water partition coefficient (Wildman–Crippen LogP) is 3.75. The van der Waals surface area contributed by atoms with Gasteiger partial charge in [-0.1, -0.05) is 0 Å². The van der Waals surface area contributed by atoms with Gasteiger partial charge in [-0.25, -0.2) is 4.39 Å². The monoisotopic (exact) mass is 253 g/mol. The Morgan fingerprint density at radius 3 is 2.71 bits per heavy atom. The van der Waals surface area contributed by atoms with Gasteiger partial charge in [0.1, 0.15) is 11.3 Å². The molecule has 1 aromatic carbocycles. The van der Waals surface area contributed by atoms with Crippen LogP contribution in [0.1, 0.15) is 11.3 Å². The van der Waals surface area contributed by atoms with E-state index in [0.717, 1.165) is 21.1 Å². The lowest BCUT2D eigenvalue weighted by Gasteiger charge is -2.05. The van der Waals surface area contributed by atoms with Crippen LogP contribution in [0.15, 0.2) is 22.7 Å². The third kappa shape index (κ3) is 1.42. The Morgan fingerprint density at radius 2 is 2.00 bits per heavy atom. The molecule has 0 atom stereocenters. The Bertz CT molecular complexity index is 508. The van der Waals surface area contributed by atoms with Crippen molar-refractivity contribution in [3.63, 3.8) is 0 Å². The minimum Gasteiger partial charge on any atom is -0.250 e. The molecule has 0 aliphatic rings. The Morgan fingerprint density at radius 1 is 1.29 bits per heavy atom. The standard InChI is InChI=1S/C11H9BrFN/c1-6-5-9(13)11-8(10(6)12)4-3-7(2)14-11/h3-5H,1-2H3. The first-order valence-corrected chi connectivity index (χ1v) is 5.11. The minimum absolute atomic E-state index is 0.260. The third-order valence-electron chi connectivity index (χ3n) is 2.19. The molecule has 0 saturated carbocycles. The number of aryl methyl sites for hydroxylation is 2. The summed E-state index contributed by atoms with van der Waals surface area (Å²) in [6.45, 7) is 3.72. The molecule has 2 aromatic rings. The van der Waals surface area contributed by atoms with Crippen molar-refractivity contribution in [1.82, 2.24) is 4.98 Å². The highest BCUT2D eigenvalue weighted by Crippen LogP contribution is 2.28. The van der Waals surface area contributed by atoms with Crippen molar-refractivity contribution >= 4 is 26.8 Å². The fourth-order valence-electron chi connectivity index (χ4n) is 1.45. The second kappa shape index (κ2) is 3.31. The molecule has 0 radical (unpaired) electrons. The molecular weight excluding hydrogens is 245 g/mol. The third-order valence-corrected chi connectivity index (χ3v) is 3.24. The number of hydrogen-bond acceptors (Lipinski definition) is 1. The molecule has 0 amide bonds. The summed E-state index contributed by atoms with van der Waals surface area (Å²) in [5.74, 6) is -0.260. The van der Waals surface area contributed by atoms with E-state index >= 15 is 0 Å². The normalized spacial score (nSPS) is 10.9. The van der Waals surface area contributed by atoms with Gasteiger partial charge in [0, 0.05) is 15.6 Å². The van der Waals surface area contributed by atoms with Gasteiger partial charge in [-0.3, -0.25) is 4.98 Å². The van der Waals surface area contributed by atoms with E-state index in [4.69, 9.17) is 0 Å². The number of halogens is 2. The second-order valence-corrected chi connectivity index (χ2v) is 4.13. The van der Waals surface area contributed by atoms with Crippen LogP contribution < -0.4 is 0 Å². The summed E-state index contributed by atoms with van der Waals surface area (Å²) < 4.78 is 14.4. The van der Waals surface area contributed by atoms with E-state index in [1.54, 1.807) is 0 Å². The van der Waals surface area contributed by atoms with E-state index in [9.17, 15) is 4.39 Å². The summed E-state index contributed by atoms with van der Waals surface area (Å²) in [5, 5.41) is 0.827. The van der Waals surface area contributed by atoms with Crippen LogP contribution in [0.2, 0.25) is 0 Å². The molecule has 0 saturated heterocycles. The quantitative estimate of drug-likeness (QED) is 0.697. The highest BCUT2D eigenvalue weighted by Gasteiger charge is 2.08. The van der Waals surface area contributed by atoms with E-state index in [1.165, 1.54) is 6.07 Å². The van der Waals surface area contributed by atoms with Crippen LogP contribution in [0.3, 0.4) is 0 Å². The van der Waals surface area contributed by atoms with Gasteiger partial charge in [0.15, 0.2) is 0 Å². The van der Waals surface area contributed by atoms with E-state index in [0.29, 0.717) is 5.52 Å². The van der Waals surface area contributed by atoms with Crippen molar-refractivity contribution in [3.05, 3.63) is 39.7 Å². The van der Waals surface area contributed by atoms with Gasteiger partial charge in [0.05, 0.1) is 0 Å². The Balaban J connectivity index is 2.94. The van der Waals surface area contributed by atoms with Crippen molar-refractivity contribution in [3.8, 4) is 0 Å². The van der Waals surface area contributed by atoms with Crippen LogP contribution in [-0.2, 0) is 0 Å². The zero-order chi connectivity index (χ0) is 10.3. The molecular formula is C11H9BrFN. The van der Waals surface area contributed by atoms with Gasteiger partial charge in [-0.05, 0) is 53.5 Å². The van der Waals surface area contributed by atoms with Crippen LogP contribution >= 0.6 is 15.9 Å². The van der Waals surface area contributed by atoms with Gasteiger partial charge in [0.2, 0.25) is 0 Å². The molecule has 14 heavy (non-hydrogen) atoms. The second-order valence-electron chi connectivity index (χ2n) is 3.34. The summed E-state index contributed by atoms with van der Waals surface area (Å²) in [6.07, 6.45) is 0. The maximum Gasteiger partial charge on any atom is 0.149 e. The number of pyridine rings is 1. The van der Waals surface area contributed by atoms with Crippen molar-refractivity contribution in [2.45, 2.75) is 13.8 Å². The molecule has 0 fully saturated rings. The Kier molecular flexibility index (Phi) is 2.27. The average Bonchev–Trinajstić information content (AvgIpc) is 2.14. The number of rotatable bonds is 0. The van der Waals surface area contributed by atoms with E-state index in [1.807, 2.05) is 26.0 Å². The molecule has 0 spiro atoms. The first-order chi connectivity index (χ1) is 6.59. The lowest BCUT2D eigenvalue weighted by atomic mass is 10.1. The molecule has 0 bridgehead atoms. The van der Waals surface area contributed by atoms with Gasteiger partial charge in [0.25, 0.3) is 0 Å². The van der Waals surface area contributed by atoms with Crippen LogP contribution in [-0.4, -0.2) is 4.98 Å². The van der Waals surface area contributed by atoms with E-state index in [2.05, 4.69) is 20.9 Å². The number of benzene rings is 1. The molecule has 2 rings (SSSR count). The molecule has 3 heteroatoms. The summed E-state index contributed by atoms with van der Waals surface area (Å²) in [5.41, 5.74) is 2.15. The van der Waals surface area contributed by atoms with Gasteiger partial charge < -0.3 is 0 Å². The van der Waals surface area contributed by atoms with Crippen molar-refractivity contribution < 1.29 is 4.39 Å². The Hall–Kier alpha value is -0.960. The van der Waals surface area contributed by atoms with Crippen molar-refractivity contribution in [2.75, 3.05) is 0 Å². The van der Waals surface area contributed by atoms with Crippen LogP contribution in [0.25, 0.3) is 10.9 Å². The lowest BCUT2D eigenvalue weighted by Crippen LogP contribution is -1.90. The highest BCUT2D eigenvalue weighted by molar-refractivity contribution is 9.10. The summed E-state index contributed by atoms with van der Waals surface area (Å²) >= 11 is 3.43. The van der Waals surface area contributed by atoms with Crippen molar-refractivity contribution in [1.29, 1.82) is 0 Å². The number of hydrogen-bond donors (Lipinski definition) is 0. The van der Waals surface area contributed by atoms with Crippen molar-refractivity contribution in [2.24, 2.45) is 0 Å². The van der Waals surface area contributed by atoms with Gasteiger partial charge in [-0.15, -0.1) is 0 Å². The van der Waals surface area contributed by atoms with Crippen LogP contribution in [0, 0.1) is 19.7 Å². The highest BCUT2D eigenvalue weighted by atomic mass is 79.9. The van der Waals surface area contributed by atoms with E-state index in [-0.39, 0.29) is 5.82 Å². The minimum atomic E-state index is -0.260. The number of aromatic nitrogens is 1. The smallest absolute Gasteiger partial charge is 0.149 e. The molecule has 72 valence electrons. The molecule has 0 aliphatic heterocycles. The van der Waals surface area contributed by atoms with Crippen LogP contribution in [0.5, 0.6) is 0 Å². The summed E-state index contributed by atoms with van der Waals surface area (Å²) in [6, 6.07) is 5.27. The fraction of sp³-hybridized carbons (Fsp3) is 0.182. The molecule has 0 unspecified atom stereocenters. The maximum absolute atomic E-state index is 13.5. The zero-order valence-corrected chi connectivity index (χ0v) is 9.52. The SMILES string of the molecule is Cc1ccc2c(Br)c(C)cc(F)c2n1. The van der Waals surface area contributed by atoms with Gasteiger partial charge >= 0.3 is 0 Å². The first-order valence-electron chi connectivity index (χ1n) is 4.31. The lowest BCUT2D eigenvalue weighted by molar-refractivity contribution is 0.635. The number of fused-ring (bicyclic) bond motifs is 1. The van der Waals surface area contributed by atoms with E-state index < -0.39 is 0 Å². The van der Waals surface area contributed by atoms with Gasteiger partial charge in [-0.2, -0.15) is 0 Å². The molecule has 0 aliphatic carbocycles.